The van der Waals surface area contributed by atoms with Gasteiger partial charge in [0.2, 0.25) is 5.91 Å². The molecular weight excluding hydrogens is 284 g/mol. The number of carbonyl (C=O) groups is 1. The fourth-order valence-electron chi connectivity index (χ4n) is 3.91. The van der Waals surface area contributed by atoms with Gasteiger partial charge in [0.15, 0.2) is 0 Å². The van der Waals surface area contributed by atoms with Gasteiger partial charge in [-0.3, -0.25) is 9.69 Å². The van der Waals surface area contributed by atoms with Gasteiger partial charge in [-0.15, -0.1) is 0 Å². The van der Waals surface area contributed by atoms with Gasteiger partial charge in [-0.2, -0.15) is 11.8 Å². The van der Waals surface area contributed by atoms with Gasteiger partial charge in [-0.25, -0.2) is 0 Å². The molecule has 1 saturated carbocycles. The smallest absolute Gasteiger partial charge is 0.224 e. The number of nitrogens with one attached hydrogen (secondary N) is 1. The highest BCUT2D eigenvalue weighted by Gasteiger charge is 2.35. The normalized spacial score (nSPS) is 35.2. The van der Waals surface area contributed by atoms with Crippen LogP contribution in [0, 0.1) is 5.92 Å². The van der Waals surface area contributed by atoms with Gasteiger partial charge >= 0.3 is 0 Å². The highest BCUT2D eigenvalue weighted by Crippen LogP contribution is 2.29. The van der Waals surface area contributed by atoms with E-state index in [2.05, 4.69) is 10.2 Å². The Labute approximate surface area is 132 Å². The zero-order chi connectivity index (χ0) is 14.7. The van der Waals surface area contributed by atoms with Crippen molar-refractivity contribution in [2.75, 3.05) is 31.1 Å². The molecule has 0 aromatic rings. The first-order valence-corrected chi connectivity index (χ1v) is 9.64. The minimum absolute atomic E-state index is 0.129. The Kier molecular flexibility index (Phi) is 5.12. The van der Waals surface area contributed by atoms with Crippen LogP contribution in [0.3, 0.4) is 0 Å². The molecule has 3 aliphatic rings. The van der Waals surface area contributed by atoms with Crippen LogP contribution in [0.5, 0.6) is 0 Å². The predicted octanol–water partition coefficient (Wildman–Crippen LogP) is 1.63. The monoisotopic (exact) mass is 312 g/mol. The number of likely N-dealkylation sites (tertiary alicyclic amines) is 1. The minimum Gasteiger partial charge on any atom is -0.387 e. The van der Waals surface area contributed by atoms with Crippen molar-refractivity contribution in [3.05, 3.63) is 0 Å². The molecule has 0 radical (unpaired) electrons. The van der Waals surface area contributed by atoms with Gasteiger partial charge < -0.3 is 10.4 Å². The summed E-state index contributed by atoms with van der Waals surface area (Å²) in [5.41, 5.74) is -0.665. The van der Waals surface area contributed by atoms with Crippen molar-refractivity contribution in [1.82, 2.24) is 10.2 Å². The van der Waals surface area contributed by atoms with Crippen molar-refractivity contribution in [3.8, 4) is 0 Å². The number of hydrogen-bond donors (Lipinski definition) is 2. The van der Waals surface area contributed by atoms with Crippen LogP contribution in [0.25, 0.3) is 0 Å². The maximum Gasteiger partial charge on any atom is 0.224 e. The van der Waals surface area contributed by atoms with E-state index in [-0.39, 0.29) is 11.8 Å². The second kappa shape index (κ2) is 6.88. The highest BCUT2D eigenvalue weighted by molar-refractivity contribution is 7.99. The molecule has 2 aliphatic heterocycles. The largest absolute Gasteiger partial charge is 0.387 e. The first-order chi connectivity index (χ1) is 10.2. The summed E-state index contributed by atoms with van der Waals surface area (Å²) in [6.07, 6.45) is 8.49. The van der Waals surface area contributed by atoms with Gasteiger partial charge in [-0.05, 0) is 38.0 Å². The van der Waals surface area contributed by atoms with E-state index < -0.39 is 5.60 Å². The molecular formula is C16H28N2O2S. The van der Waals surface area contributed by atoms with Crippen LogP contribution < -0.4 is 5.32 Å². The molecule has 2 atom stereocenters. The van der Waals surface area contributed by atoms with Crippen LogP contribution >= 0.6 is 11.8 Å². The van der Waals surface area contributed by atoms with Crippen molar-refractivity contribution in [3.63, 3.8) is 0 Å². The number of aliphatic hydroxyl groups is 1. The van der Waals surface area contributed by atoms with Crippen LogP contribution in [0.2, 0.25) is 0 Å². The SMILES string of the molecule is O=C(NC[C@]1(O)CCSC1)[C@@H]1CCN(C2CCCCC2)C1. The Morgan fingerprint density at radius 1 is 1.29 bits per heavy atom. The summed E-state index contributed by atoms with van der Waals surface area (Å²) in [5, 5.41) is 13.3. The summed E-state index contributed by atoms with van der Waals surface area (Å²) in [6, 6.07) is 0.715. The molecule has 21 heavy (non-hydrogen) atoms. The molecule has 1 aliphatic carbocycles. The standard InChI is InChI=1S/C16H28N2O2S/c19-15(17-11-16(20)7-9-21-12-16)13-6-8-18(10-13)14-4-2-1-3-5-14/h13-14,20H,1-12H2,(H,17,19)/t13-,16-/m1/s1. The fraction of sp³-hybridized carbons (Fsp3) is 0.938. The number of rotatable bonds is 4. The van der Waals surface area contributed by atoms with E-state index in [9.17, 15) is 9.90 Å². The van der Waals surface area contributed by atoms with Crippen molar-refractivity contribution < 1.29 is 9.90 Å². The Morgan fingerprint density at radius 2 is 2.10 bits per heavy atom. The second-order valence-corrected chi connectivity index (χ2v) is 8.12. The van der Waals surface area contributed by atoms with Crippen LogP contribution in [-0.2, 0) is 4.79 Å². The molecule has 3 rings (SSSR count). The van der Waals surface area contributed by atoms with Gasteiger partial charge in [-0.1, -0.05) is 19.3 Å². The van der Waals surface area contributed by atoms with Crippen LogP contribution in [-0.4, -0.2) is 58.7 Å². The fourth-order valence-corrected chi connectivity index (χ4v) is 5.21. The second-order valence-electron chi connectivity index (χ2n) is 7.02. The maximum absolute atomic E-state index is 12.3. The molecule has 2 saturated heterocycles. The molecule has 0 aromatic carbocycles. The first-order valence-electron chi connectivity index (χ1n) is 8.48. The molecule has 5 heteroatoms. The average Bonchev–Trinajstić information content (AvgIpc) is 3.16. The van der Waals surface area contributed by atoms with Crippen molar-refractivity contribution >= 4 is 17.7 Å². The Balaban J connectivity index is 1.43. The number of thioether (sulfide) groups is 1. The van der Waals surface area contributed by atoms with Crippen molar-refractivity contribution in [1.29, 1.82) is 0 Å². The predicted molar refractivity (Wildman–Crippen MR) is 86.5 cm³/mol. The highest BCUT2D eigenvalue weighted by atomic mass is 32.2. The lowest BCUT2D eigenvalue weighted by molar-refractivity contribution is -0.125. The number of amides is 1. The molecule has 2 N–H and O–H groups in total. The van der Waals surface area contributed by atoms with Gasteiger partial charge in [0.25, 0.3) is 0 Å². The van der Waals surface area contributed by atoms with Gasteiger partial charge in [0, 0.05) is 24.9 Å². The quantitative estimate of drug-likeness (QED) is 0.828. The van der Waals surface area contributed by atoms with E-state index in [1.165, 1.54) is 32.1 Å². The summed E-state index contributed by atoms with van der Waals surface area (Å²) in [7, 11) is 0. The molecule has 0 aromatic heterocycles. The van der Waals surface area contributed by atoms with Gasteiger partial charge in [0.1, 0.15) is 0 Å². The molecule has 1 amide bonds. The molecule has 120 valence electrons. The Hall–Kier alpha value is -0.260. The Morgan fingerprint density at radius 3 is 2.81 bits per heavy atom. The van der Waals surface area contributed by atoms with E-state index >= 15 is 0 Å². The lowest BCUT2D eigenvalue weighted by Crippen LogP contribution is -2.45. The molecule has 3 fully saturated rings. The maximum atomic E-state index is 12.3. The third kappa shape index (κ3) is 3.93. The summed E-state index contributed by atoms with van der Waals surface area (Å²) in [4.78, 5) is 14.8. The molecule has 0 unspecified atom stereocenters. The zero-order valence-electron chi connectivity index (χ0n) is 12.9. The third-order valence-corrected chi connectivity index (χ3v) is 6.59. The van der Waals surface area contributed by atoms with E-state index in [1.807, 2.05) is 0 Å². The molecule has 0 bridgehead atoms. The Bertz CT molecular complexity index is 365. The van der Waals surface area contributed by atoms with Gasteiger partial charge in [0.05, 0.1) is 11.5 Å². The zero-order valence-corrected chi connectivity index (χ0v) is 13.7. The molecule has 2 heterocycles. The van der Waals surface area contributed by atoms with Crippen molar-refractivity contribution in [2.45, 2.75) is 56.6 Å². The van der Waals surface area contributed by atoms with Crippen LogP contribution in [0.15, 0.2) is 0 Å². The third-order valence-electron chi connectivity index (χ3n) is 5.36. The van der Waals surface area contributed by atoms with E-state index in [0.717, 1.165) is 37.4 Å². The number of carbonyl (C=O) groups excluding carboxylic acids is 1. The molecule has 0 spiro atoms. The lowest BCUT2D eigenvalue weighted by Gasteiger charge is -2.31. The molecule has 4 nitrogen and oxygen atoms in total. The number of nitrogens with zero attached hydrogens (tertiary/aromatic N) is 1. The first kappa shape index (κ1) is 15.6. The summed E-state index contributed by atoms with van der Waals surface area (Å²) in [5.74, 6) is 2.04. The summed E-state index contributed by atoms with van der Waals surface area (Å²) in [6.45, 7) is 2.42. The van der Waals surface area contributed by atoms with Crippen molar-refractivity contribution in [2.24, 2.45) is 5.92 Å². The van der Waals surface area contributed by atoms with Crippen LogP contribution in [0.4, 0.5) is 0 Å². The summed E-state index contributed by atoms with van der Waals surface area (Å²) >= 11 is 1.77. The van der Waals surface area contributed by atoms with Crippen LogP contribution in [0.1, 0.15) is 44.9 Å². The topological polar surface area (TPSA) is 52.6 Å². The average molecular weight is 312 g/mol. The number of hydrogen-bond acceptors (Lipinski definition) is 4. The summed E-state index contributed by atoms with van der Waals surface area (Å²) < 4.78 is 0. The van der Waals surface area contributed by atoms with E-state index in [4.69, 9.17) is 0 Å². The van der Waals surface area contributed by atoms with E-state index in [0.29, 0.717) is 12.6 Å². The minimum atomic E-state index is -0.665. The van der Waals surface area contributed by atoms with E-state index in [1.54, 1.807) is 11.8 Å². The lowest BCUT2D eigenvalue weighted by atomic mass is 9.94.